The first-order chi connectivity index (χ1) is 9.72. The van der Waals surface area contributed by atoms with E-state index in [1.165, 1.54) is 0 Å². The quantitative estimate of drug-likeness (QED) is 0.849. The molecule has 0 aliphatic heterocycles. The molecular formula is C15H16ClN3O. The molecule has 20 heavy (non-hydrogen) atoms. The zero-order chi connectivity index (χ0) is 13.9. The van der Waals surface area contributed by atoms with Gasteiger partial charge in [0.1, 0.15) is 6.54 Å². The third kappa shape index (κ3) is 3.20. The lowest BCUT2D eigenvalue weighted by Gasteiger charge is -2.22. The van der Waals surface area contributed by atoms with E-state index >= 15 is 0 Å². The van der Waals surface area contributed by atoms with Crippen LogP contribution in [0.2, 0.25) is 5.02 Å². The predicted octanol–water partition coefficient (Wildman–Crippen LogP) is 2.73. The van der Waals surface area contributed by atoms with E-state index in [0.717, 1.165) is 23.4 Å². The van der Waals surface area contributed by atoms with Gasteiger partial charge in [0, 0.05) is 30.0 Å². The van der Waals surface area contributed by atoms with Crippen LogP contribution in [0.5, 0.6) is 0 Å². The second-order valence-corrected chi connectivity index (χ2v) is 5.52. The van der Waals surface area contributed by atoms with E-state index in [1.54, 1.807) is 10.9 Å². The SMILES string of the molecule is O=C(Cn1cccn1)N(Cc1ccc(Cl)cc1)C1CC1. The van der Waals surface area contributed by atoms with Gasteiger partial charge in [0.2, 0.25) is 5.91 Å². The van der Waals surface area contributed by atoms with Crippen molar-refractivity contribution < 1.29 is 4.79 Å². The molecule has 1 aliphatic carbocycles. The zero-order valence-corrected chi connectivity index (χ0v) is 11.8. The van der Waals surface area contributed by atoms with E-state index in [4.69, 9.17) is 11.6 Å². The Morgan fingerprint density at radius 2 is 2.10 bits per heavy atom. The van der Waals surface area contributed by atoms with Gasteiger partial charge < -0.3 is 4.90 Å². The lowest BCUT2D eigenvalue weighted by molar-refractivity contribution is -0.133. The summed E-state index contributed by atoms with van der Waals surface area (Å²) in [6, 6.07) is 9.87. The van der Waals surface area contributed by atoms with Crippen LogP contribution >= 0.6 is 11.6 Å². The normalized spacial score (nSPS) is 14.2. The lowest BCUT2D eigenvalue weighted by Crippen LogP contribution is -2.35. The van der Waals surface area contributed by atoms with Crippen LogP contribution in [0.4, 0.5) is 0 Å². The lowest BCUT2D eigenvalue weighted by atomic mass is 10.2. The monoisotopic (exact) mass is 289 g/mol. The van der Waals surface area contributed by atoms with E-state index in [-0.39, 0.29) is 5.91 Å². The Hall–Kier alpha value is -1.81. The highest BCUT2D eigenvalue weighted by molar-refractivity contribution is 6.30. The number of amides is 1. The molecule has 0 spiro atoms. The van der Waals surface area contributed by atoms with Gasteiger partial charge in [-0.2, -0.15) is 5.10 Å². The van der Waals surface area contributed by atoms with Crippen molar-refractivity contribution in [2.45, 2.75) is 32.0 Å². The minimum Gasteiger partial charge on any atom is -0.334 e. The van der Waals surface area contributed by atoms with Gasteiger partial charge in [0.05, 0.1) is 0 Å². The van der Waals surface area contributed by atoms with E-state index in [2.05, 4.69) is 5.10 Å². The molecule has 1 amide bonds. The van der Waals surface area contributed by atoms with Crippen molar-refractivity contribution in [2.75, 3.05) is 0 Å². The summed E-state index contributed by atoms with van der Waals surface area (Å²) < 4.78 is 1.67. The third-order valence-electron chi connectivity index (χ3n) is 3.43. The topological polar surface area (TPSA) is 38.1 Å². The van der Waals surface area contributed by atoms with Gasteiger partial charge in [0.15, 0.2) is 0 Å². The number of rotatable bonds is 5. The van der Waals surface area contributed by atoms with Crippen molar-refractivity contribution in [1.29, 1.82) is 0 Å². The van der Waals surface area contributed by atoms with Crippen molar-refractivity contribution in [3.63, 3.8) is 0 Å². The fraction of sp³-hybridized carbons (Fsp3) is 0.333. The summed E-state index contributed by atoms with van der Waals surface area (Å²) in [4.78, 5) is 14.4. The van der Waals surface area contributed by atoms with Crippen molar-refractivity contribution >= 4 is 17.5 Å². The molecule has 0 N–H and O–H groups in total. The van der Waals surface area contributed by atoms with E-state index in [9.17, 15) is 4.79 Å². The first kappa shape index (κ1) is 13.2. The molecule has 1 saturated carbocycles. The number of hydrogen-bond donors (Lipinski definition) is 0. The maximum absolute atomic E-state index is 12.4. The molecule has 1 aromatic carbocycles. The Bertz CT molecular complexity index is 576. The second kappa shape index (κ2) is 5.67. The number of carbonyl (C=O) groups is 1. The first-order valence-electron chi connectivity index (χ1n) is 6.74. The molecule has 104 valence electrons. The van der Waals surface area contributed by atoms with Gasteiger partial charge in [-0.1, -0.05) is 23.7 Å². The van der Waals surface area contributed by atoms with Crippen LogP contribution in [0.1, 0.15) is 18.4 Å². The summed E-state index contributed by atoms with van der Waals surface area (Å²) in [5, 5.41) is 4.81. The summed E-state index contributed by atoms with van der Waals surface area (Å²) in [5.41, 5.74) is 1.11. The zero-order valence-electron chi connectivity index (χ0n) is 11.1. The minimum absolute atomic E-state index is 0.117. The molecule has 1 aromatic heterocycles. The number of halogens is 1. The first-order valence-corrected chi connectivity index (χ1v) is 7.11. The predicted molar refractivity (Wildman–Crippen MR) is 77.3 cm³/mol. The second-order valence-electron chi connectivity index (χ2n) is 5.08. The van der Waals surface area contributed by atoms with Crippen molar-refractivity contribution in [2.24, 2.45) is 0 Å². The molecule has 1 aliphatic rings. The fourth-order valence-corrected chi connectivity index (χ4v) is 2.34. The molecule has 0 bridgehead atoms. The van der Waals surface area contributed by atoms with Crippen LogP contribution in [0.15, 0.2) is 42.7 Å². The molecule has 5 heteroatoms. The number of hydrogen-bond acceptors (Lipinski definition) is 2. The molecule has 1 heterocycles. The number of nitrogens with zero attached hydrogens (tertiary/aromatic N) is 3. The largest absolute Gasteiger partial charge is 0.334 e. The molecule has 3 rings (SSSR count). The highest BCUT2D eigenvalue weighted by Crippen LogP contribution is 2.28. The Labute approximate surface area is 123 Å². The van der Waals surface area contributed by atoms with E-state index < -0.39 is 0 Å². The van der Waals surface area contributed by atoms with Crippen LogP contribution in [-0.4, -0.2) is 26.6 Å². The number of aromatic nitrogens is 2. The minimum atomic E-state index is 0.117. The molecule has 1 fully saturated rings. The Balaban J connectivity index is 1.69. The Morgan fingerprint density at radius 1 is 1.35 bits per heavy atom. The Morgan fingerprint density at radius 3 is 2.70 bits per heavy atom. The summed E-state index contributed by atoms with van der Waals surface area (Å²) in [6.07, 6.45) is 5.69. The van der Waals surface area contributed by atoms with Crippen LogP contribution in [0.25, 0.3) is 0 Å². The fourth-order valence-electron chi connectivity index (χ4n) is 2.22. The number of benzene rings is 1. The average molecular weight is 290 g/mol. The maximum Gasteiger partial charge on any atom is 0.244 e. The van der Waals surface area contributed by atoms with Crippen molar-refractivity contribution in [3.05, 3.63) is 53.3 Å². The molecule has 0 unspecified atom stereocenters. The molecule has 0 radical (unpaired) electrons. The van der Waals surface area contributed by atoms with Gasteiger partial charge in [-0.25, -0.2) is 0 Å². The van der Waals surface area contributed by atoms with Crippen LogP contribution in [-0.2, 0) is 17.9 Å². The molecule has 0 atom stereocenters. The van der Waals surface area contributed by atoms with Crippen molar-refractivity contribution in [1.82, 2.24) is 14.7 Å². The summed E-state index contributed by atoms with van der Waals surface area (Å²) in [6.45, 7) is 0.943. The summed E-state index contributed by atoms with van der Waals surface area (Å²) in [7, 11) is 0. The van der Waals surface area contributed by atoms with Gasteiger partial charge in [-0.15, -0.1) is 0 Å². The van der Waals surface area contributed by atoms with E-state index in [0.29, 0.717) is 19.1 Å². The molecular weight excluding hydrogens is 274 g/mol. The average Bonchev–Trinajstić information content (AvgIpc) is 3.15. The summed E-state index contributed by atoms with van der Waals surface area (Å²) >= 11 is 5.89. The van der Waals surface area contributed by atoms with Crippen LogP contribution in [0, 0.1) is 0 Å². The van der Waals surface area contributed by atoms with Crippen LogP contribution < -0.4 is 0 Å². The van der Waals surface area contributed by atoms with Gasteiger partial charge in [0.25, 0.3) is 0 Å². The summed E-state index contributed by atoms with van der Waals surface area (Å²) in [5.74, 6) is 0.117. The molecule has 2 aromatic rings. The standard InChI is InChI=1S/C15H16ClN3O/c16-13-4-2-12(3-5-13)10-19(14-6-7-14)15(20)11-18-9-1-8-17-18/h1-5,8-9,14H,6-7,10-11H2. The highest BCUT2D eigenvalue weighted by Gasteiger charge is 2.32. The maximum atomic E-state index is 12.4. The smallest absolute Gasteiger partial charge is 0.244 e. The van der Waals surface area contributed by atoms with Gasteiger partial charge in [-0.3, -0.25) is 9.48 Å². The van der Waals surface area contributed by atoms with Gasteiger partial charge in [-0.05, 0) is 36.6 Å². The van der Waals surface area contributed by atoms with Crippen molar-refractivity contribution in [3.8, 4) is 0 Å². The molecule has 4 nitrogen and oxygen atoms in total. The number of carbonyl (C=O) groups excluding carboxylic acids is 1. The van der Waals surface area contributed by atoms with E-state index in [1.807, 2.05) is 41.4 Å². The third-order valence-corrected chi connectivity index (χ3v) is 3.68. The van der Waals surface area contributed by atoms with Crippen LogP contribution in [0.3, 0.4) is 0 Å². The van der Waals surface area contributed by atoms with Gasteiger partial charge >= 0.3 is 0 Å². The molecule has 0 saturated heterocycles. The highest BCUT2D eigenvalue weighted by atomic mass is 35.5. The Kier molecular flexibility index (Phi) is 3.74.